The summed E-state index contributed by atoms with van der Waals surface area (Å²) in [6, 6.07) is 17.3. The van der Waals surface area contributed by atoms with Crippen LogP contribution < -0.4 is 10.5 Å². The van der Waals surface area contributed by atoms with Gasteiger partial charge in [-0.3, -0.25) is 0 Å². The first-order chi connectivity index (χ1) is 12.2. The van der Waals surface area contributed by atoms with Crippen LogP contribution in [0.1, 0.15) is 16.1 Å². The molecule has 2 N–H and O–H groups in total. The fourth-order valence-corrected chi connectivity index (χ4v) is 2.25. The fourth-order valence-electron chi connectivity index (χ4n) is 2.25. The van der Waals surface area contributed by atoms with E-state index >= 15 is 0 Å². The average Bonchev–Trinajstić information content (AvgIpc) is 2.67. The molecule has 6 heteroatoms. The van der Waals surface area contributed by atoms with Gasteiger partial charge in [-0.2, -0.15) is 0 Å². The van der Waals surface area contributed by atoms with Crippen molar-refractivity contribution in [1.29, 1.82) is 0 Å². The van der Waals surface area contributed by atoms with Crippen LogP contribution in [0.5, 0.6) is 5.75 Å². The number of carbonyl (C=O) groups is 1. The van der Waals surface area contributed by atoms with Crippen molar-refractivity contribution in [2.75, 3.05) is 12.8 Å². The Morgan fingerprint density at radius 2 is 1.80 bits per heavy atom. The highest BCUT2D eigenvalue weighted by molar-refractivity contribution is 5.92. The van der Waals surface area contributed by atoms with Crippen LogP contribution in [-0.2, 0) is 11.3 Å². The Bertz CT molecular complexity index is 865. The number of rotatable bonds is 5. The zero-order valence-electron chi connectivity index (χ0n) is 13.7. The number of nitrogens with zero attached hydrogens (tertiary/aromatic N) is 2. The van der Waals surface area contributed by atoms with Crippen LogP contribution >= 0.6 is 0 Å². The third-order valence-electron chi connectivity index (χ3n) is 3.58. The zero-order valence-corrected chi connectivity index (χ0v) is 13.7. The molecule has 0 aliphatic carbocycles. The van der Waals surface area contributed by atoms with Crippen molar-refractivity contribution in [3.05, 3.63) is 72.1 Å². The maximum Gasteiger partial charge on any atom is 0.360 e. The van der Waals surface area contributed by atoms with Crippen molar-refractivity contribution in [2.24, 2.45) is 0 Å². The molecule has 0 atom stereocenters. The molecular weight excluding hydrogens is 318 g/mol. The molecule has 0 radical (unpaired) electrons. The molecule has 1 heterocycles. The second kappa shape index (κ2) is 7.44. The molecule has 1 aromatic heterocycles. The zero-order chi connectivity index (χ0) is 17.6. The largest absolute Gasteiger partial charge is 0.489 e. The van der Waals surface area contributed by atoms with Crippen LogP contribution in [0.15, 0.2) is 60.8 Å². The van der Waals surface area contributed by atoms with E-state index in [2.05, 4.69) is 14.7 Å². The quantitative estimate of drug-likeness (QED) is 0.721. The van der Waals surface area contributed by atoms with Gasteiger partial charge in [-0.25, -0.2) is 14.8 Å². The molecule has 0 fully saturated rings. The number of ether oxygens (including phenoxy) is 2. The number of benzene rings is 2. The molecule has 0 aliphatic rings. The summed E-state index contributed by atoms with van der Waals surface area (Å²) < 4.78 is 10.4. The molecule has 0 amide bonds. The van der Waals surface area contributed by atoms with Gasteiger partial charge in [0.2, 0.25) is 0 Å². The SMILES string of the molecule is COC(=O)c1nc(-c2ccc(OCc3ccccc3)cc2)cnc1N. The van der Waals surface area contributed by atoms with Crippen molar-refractivity contribution < 1.29 is 14.3 Å². The number of nitrogen functional groups attached to an aromatic ring is 1. The summed E-state index contributed by atoms with van der Waals surface area (Å²) >= 11 is 0. The highest BCUT2D eigenvalue weighted by Crippen LogP contribution is 2.22. The molecule has 0 spiro atoms. The number of hydrogen-bond acceptors (Lipinski definition) is 6. The fraction of sp³-hybridized carbons (Fsp3) is 0.105. The number of anilines is 1. The Balaban J connectivity index is 1.75. The lowest BCUT2D eigenvalue weighted by Gasteiger charge is -2.08. The van der Waals surface area contributed by atoms with Crippen LogP contribution in [0.3, 0.4) is 0 Å². The maximum atomic E-state index is 11.7. The molecule has 3 aromatic rings. The van der Waals surface area contributed by atoms with E-state index in [1.54, 1.807) is 0 Å². The van der Waals surface area contributed by atoms with Crippen molar-refractivity contribution in [1.82, 2.24) is 9.97 Å². The first kappa shape index (κ1) is 16.4. The molecule has 3 rings (SSSR count). The highest BCUT2D eigenvalue weighted by atomic mass is 16.5. The van der Waals surface area contributed by atoms with Gasteiger partial charge in [0.15, 0.2) is 11.5 Å². The Morgan fingerprint density at radius 1 is 1.08 bits per heavy atom. The van der Waals surface area contributed by atoms with Gasteiger partial charge in [0.25, 0.3) is 0 Å². The van der Waals surface area contributed by atoms with E-state index in [0.29, 0.717) is 12.3 Å². The van der Waals surface area contributed by atoms with Gasteiger partial charge in [-0.05, 0) is 29.8 Å². The van der Waals surface area contributed by atoms with E-state index in [9.17, 15) is 4.79 Å². The lowest BCUT2D eigenvalue weighted by atomic mass is 10.1. The first-order valence-electron chi connectivity index (χ1n) is 7.65. The Morgan fingerprint density at radius 3 is 2.48 bits per heavy atom. The Labute approximate surface area is 145 Å². The minimum absolute atomic E-state index is 0.00408. The molecule has 0 saturated carbocycles. The minimum atomic E-state index is -0.616. The predicted molar refractivity (Wildman–Crippen MR) is 94.0 cm³/mol. The number of methoxy groups -OCH3 is 1. The Hall–Kier alpha value is -3.41. The van der Waals surface area contributed by atoms with E-state index in [4.69, 9.17) is 10.5 Å². The molecule has 0 unspecified atom stereocenters. The minimum Gasteiger partial charge on any atom is -0.489 e. The average molecular weight is 335 g/mol. The first-order valence-corrected chi connectivity index (χ1v) is 7.65. The molecule has 0 aliphatic heterocycles. The summed E-state index contributed by atoms with van der Waals surface area (Å²) in [7, 11) is 1.27. The van der Waals surface area contributed by atoms with Crippen LogP contribution in [-0.4, -0.2) is 23.0 Å². The van der Waals surface area contributed by atoms with Crippen LogP contribution in [0.2, 0.25) is 0 Å². The monoisotopic (exact) mass is 335 g/mol. The molecule has 126 valence electrons. The highest BCUT2D eigenvalue weighted by Gasteiger charge is 2.14. The van der Waals surface area contributed by atoms with E-state index < -0.39 is 5.97 Å². The van der Waals surface area contributed by atoms with Gasteiger partial charge in [0, 0.05) is 5.56 Å². The summed E-state index contributed by atoms with van der Waals surface area (Å²) in [5.74, 6) is 0.164. The van der Waals surface area contributed by atoms with E-state index in [1.165, 1.54) is 13.3 Å². The topological polar surface area (TPSA) is 87.3 Å². The van der Waals surface area contributed by atoms with Gasteiger partial charge in [0.1, 0.15) is 12.4 Å². The number of hydrogen-bond donors (Lipinski definition) is 1. The molecule has 0 bridgehead atoms. The van der Waals surface area contributed by atoms with Crippen molar-refractivity contribution in [2.45, 2.75) is 6.61 Å². The number of nitrogens with two attached hydrogens (primary N) is 1. The van der Waals surface area contributed by atoms with Crippen LogP contribution in [0.25, 0.3) is 11.3 Å². The second-order valence-electron chi connectivity index (χ2n) is 5.28. The van der Waals surface area contributed by atoms with Crippen molar-refractivity contribution >= 4 is 11.8 Å². The lowest BCUT2D eigenvalue weighted by molar-refractivity contribution is 0.0595. The van der Waals surface area contributed by atoms with Gasteiger partial charge < -0.3 is 15.2 Å². The van der Waals surface area contributed by atoms with Crippen molar-refractivity contribution in [3.63, 3.8) is 0 Å². The lowest BCUT2D eigenvalue weighted by Crippen LogP contribution is -2.10. The third-order valence-corrected chi connectivity index (χ3v) is 3.58. The second-order valence-corrected chi connectivity index (χ2v) is 5.28. The number of aromatic nitrogens is 2. The van der Waals surface area contributed by atoms with E-state index in [1.807, 2.05) is 54.6 Å². The normalized spacial score (nSPS) is 10.3. The predicted octanol–water partition coefficient (Wildman–Crippen LogP) is 3.09. The third kappa shape index (κ3) is 3.92. The summed E-state index contributed by atoms with van der Waals surface area (Å²) in [5.41, 5.74) is 8.10. The van der Waals surface area contributed by atoms with Gasteiger partial charge in [-0.1, -0.05) is 30.3 Å². The van der Waals surface area contributed by atoms with Gasteiger partial charge in [0.05, 0.1) is 19.0 Å². The van der Waals surface area contributed by atoms with E-state index in [0.717, 1.165) is 16.9 Å². The van der Waals surface area contributed by atoms with Crippen LogP contribution in [0, 0.1) is 0 Å². The molecule has 2 aromatic carbocycles. The maximum absolute atomic E-state index is 11.7. The molecule has 25 heavy (non-hydrogen) atoms. The van der Waals surface area contributed by atoms with Crippen LogP contribution in [0.4, 0.5) is 5.82 Å². The summed E-state index contributed by atoms with van der Waals surface area (Å²) in [6.45, 7) is 0.494. The standard InChI is InChI=1S/C19H17N3O3/c1-24-19(23)17-18(20)21-11-16(22-17)14-7-9-15(10-8-14)25-12-13-5-3-2-4-6-13/h2-11H,12H2,1H3,(H2,20,21). The Kier molecular flexibility index (Phi) is 4.89. The number of esters is 1. The van der Waals surface area contributed by atoms with Crippen molar-refractivity contribution in [3.8, 4) is 17.0 Å². The summed E-state index contributed by atoms with van der Waals surface area (Å²) in [6.07, 6.45) is 1.52. The van der Waals surface area contributed by atoms with E-state index in [-0.39, 0.29) is 11.5 Å². The molecule has 6 nitrogen and oxygen atoms in total. The van der Waals surface area contributed by atoms with Gasteiger partial charge >= 0.3 is 5.97 Å². The molecule has 0 saturated heterocycles. The van der Waals surface area contributed by atoms with Gasteiger partial charge in [-0.15, -0.1) is 0 Å². The summed E-state index contributed by atoms with van der Waals surface area (Å²) in [5, 5.41) is 0. The number of carbonyl (C=O) groups excluding carboxylic acids is 1. The molecular formula is C19H17N3O3. The smallest absolute Gasteiger partial charge is 0.360 e. The summed E-state index contributed by atoms with van der Waals surface area (Å²) in [4.78, 5) is 19.9.